The van der Waals surface area contributed by atoms with E-state index in [2.05, 4.69) is 15.9 Å². The van der Waals surface area contributed by atoms with E-state index < -0.39 is 10.8 Å². The number of nitro benzene ring substituents is 1. The molecular formula is C10H9BrN2O4. The number of hydrogen-bond donors (Lipinski definition) is 2. The van der Waals surface area contributed by atoms with Gasteiger partial charge in [-0.3, -0.25) is 14.9 Å². The van der Waals surface area contributed by atoms with Crippen molar-refractivity contribution in [3.63, 3.8) is 0 Å². The average Bonchev–Trinajstić information content (AvgIpc) is 2.24. The molecule has 0 heterocycles. The fourth-order valence-corrected chi connectivity index (χ4v) is 1.66. The van der Waals surface area contributed by atoms with Crippen LogP contribution in [0.1, 0.15) is 11.1 Å². The number of halogens is 1. The van der Waals surface area contributed by atoms with Crippen molar-refractivity contribution in [2.75, 3.05) is 0 Å². The summed E-state index contributed by atoms with van der Waals surface area (Å²) in [7, 11) is 0. The van der Waals surface area contributed by atoms with Crippen molar-refractivity contribution in [2.45, 2.75) is 6.92 Å². The van der Waals surface area contributed by atoms with Crippen LogP contribution in [0.5, 0.6) is 5.75 Å². The van der Waals surface area contributed by atoms with Gasteiger partial charge in [0.05, 0.1) is 9.40 Å². The lowest BCUT2D eigenvalue weighted by molar-refractivity contribution is -0.385. The standard InChI is InChI=1S/C10H9BrN2O4/c1-5-7(13(16)17)4-6(2-3-8(12)14)10(15)9(5)11/h2-4,15H,1H3,(H2,12,14)/b3-2-. The number of nitro groups is 1. The molecule has 1 amide bonds. The number of phenols is 1. The first-order valence-corrected chi connectivity index (χ1v) is 5.28. The first kappa shape index (κ1) is 13.2. The third kappa shape index (κ3) is 2.82. The zero-order valence-corrected chi connectivity index (χ0v) is 10.4. The predicted molar refractivity (Wildman–Crippen MR) is 65.4 cm³/mol. The Hall–Kier alpha value is -1.89. The van der Waals surface area contributed by atoms with E-state index in [0.29, 0.717) is 5.56 Å². The molecule has 17 heavy (non-hydrogen) atoms. The minimum atomic E-state index is -0.705. The third-order valence-electron chi connectivity index (χ3n) is 2.11. The van der Waals surface area contributed by atoms with Crippen molar-refractivity contribution in [3.05, 3.63) is 37.9 Å². The lowest BCUT2D eigenvalue weighted by atomic mass is 10.1. The van der Waals surface area contributed by atoms with Crippen LogP contribution in [0, 0.1) is 17.0 Å². The number of carbonyl (C=O) groups is 1. The molecular weight excluding hydrogens is 292 g/mol. The molecule has 90 valence electrons. The van der Waals surface area contributed by atoms with Crippen LogP contribution in [0.4, 0.5) is 5.69 Å². The quantitative estimate of drug-likeness (QED) is 0.505. The number of primary amides is 1. The normalized spacial score (nSPS) is 10.7. The highest BCUT2D eigenvalue weighted by Crippen LogP contribution is 2.37. The van der Waals surface area contributed by atoms with Crippen LogP contribution in [0.2, 0.25) is 0 Å². The smallest absolute Gasteiger partial charge is 0.274 e. The number of amides is 1. The molecule has 0 bridgehead atoms. The Bertz CT molecular complexity index is 526. The number of nitrogens with zero attached hydrogens (tertiary/aromatic N) is 1. The summed E-state index contributed by atoms with van der Waals surface area (Å²) >= 11 is 3.05. The molecule has 7 heteroatoms. The van der Waals surface area contributed by atoms with Crippen molar-refractivity contribution in [2.24, 2.45) is 5.73 Å². The van der Waals surface area contributed by atoms with Crippen LogP contribution in [-0.4, -0.2) is 15.9 Å². The summed E-state index contributed by atoms with van der Waals surface area (Å²) in [6.07, 6.45) is 2.23. The number of carbonyl (C=O) groups excluding carboxylic acids is 1. The zero-order chi connectivity index (χ0) is 13.2. The Balaban J connectivity index is 3.42. The molecule has 1 rings (SSSR count). The van der Waals surface area contributed by atoms with E-state index in [-0.39, 0.29) is 21.5 Å². The summed E-state index contributed by atoms with van der Waals surface area (Å²) in [5.41, 5.74) is 5.20. The van der Waals surface area contributed by atoms with E-state index >= 15 is 0 Å². The summed E-state index contributed by atoms with van der Waals surface area (Å²) in [6, 6.07) is 1.18. The van der Waals surface area contributed by atoms with Crippen LogP contribution in [0.3, 0.4) is 0 Å². The Kier molecular flexibility index (Phi) is 3.84. The van der Waals surface area contributed by atoms with E-state index in [1.54, 1.807) is 0 Å². The third-order valence-corrected chi connectivity index (χ3v) is 3.08. The Labute approximate surface area is 105 Å². The fourth-order valence-electron chi connectivity index (χ4n) is 1.23. The lowest BCUT2D eigenvalue weighted by Crippen LogP contribution is -2.05. The maximum Gasteiger partial charge on any atom is 0.274 e. The number of hydrogen-bond acceptors (Lipinski definition) is 4. The molecule has 0 unspecified atom stereocenters. The van der Waals surface area contributed by atoms with Crippen LogP contribution in [-0.2, 0) is 4.79 Å². The molecule has 0 radical (unpaired) electrons. The second-order valence-electron chi connectivity index (χ2n) is 3.27. The van der Waals surface area contributed by atoms with Crippen LogP contribution >= 0.6 is 15.9 Å². The van der Waals surface area contributed by atoms with Crippen molar-refractivity contribution < 1.29 is 14.8 Å². The molecule has 0 spiro atoms. The Morgan fingerprint density at radius 2 is 2.24 bits per heavy atom. The molecule has 3 N–H and O–H groups in total. The van der Waals surface area contributed by atoms with Crippen LogP contribution < -0.4 is 5.73 Å². The molecule has 1 aromatic rings. The zero-order valence-electron chi connectivity index (χ0n) is 8.81. The molecule has 1 aromatic carbocycles. The van der Waals surface area contributed by atoms with E-state index in [9.17, 15) is 20.0 Å². The van der Waals surface area contributed by atoms with E-state index in [1.807, 2.05) is 0 Å². The van der Waals surface area contributed by atoms with Crippen LogP contribution in [0.25, 0.3) is 6.08 Å². The van der Waals surface area contributed by atoms with Gasteiger partial charge in [0.25, 0.3) is 5.69 Å². The number of benzene rings is 1. The predicted octanol–water partition coefficient (Wildman–Crippen LogP) is 1.87. The molecule has 0 saturated heterocycles. The first-order chi connectivity index (χ1) is 7.84. The lowest BCUT2D eigenvalue weighted by Gasteiger charge is -2.06. The highest BCUT2D eigenvalue weighted by atomic mass is 79.9. The molecule has 0 aromatic heterocycles. The van der Waals surface area contributed by atoms with E-state index in [1.165, 1.54) is 19.1 Å². The SMILES string of the molecule is Cc1c([N+](=O)[O-])cc(/C=C\C(N)=O)c(O)c1Br. The maximum atomic E-state index is 10.8. The van der Waals surface area contributed by atoms with Gasteiger partial charge in [-0.2, -0.15) is 0 Å². The molecule has 0 aliphatic carbocycles. The molecule has 0 atom stereocenters. The van der Waals surface area contributed by atoms with Gasteiger partial charge in [0.2, 0.25) is 5.91 Å². The van der Waals surface area contributed by atoms with Gasteiger partial charge in [0.15, 0.2) is 0 Å². The van der Waals surface area contributed by atoms with E-state index in [4.69, 9.17) is 5.73 Å². The van der Waals surface area contributed by atoms with Gasteiger partial charge in [-0.15, -0.1) is 0 Å². The highest BCUT2D eigenvalue weighted by molar-refractivity contribution is 9.10. The second kappa shape index (κ2) is 4.96. The minimum Gasteiger partial charge on any atom is -0.506 e. The van der Waals surface area contributed by atoms with Crippen molar-refractivity contribution in [1.29, 1.82) is 0 Å². The summed E-state index contributed by atoms with van der Waals surface area (Å²) in [5, 5.41) is 20.5. The number of rotatable bonds is 3. The molecule has 0 fully saturated rings. The summed E-state index contributed by atoms with van der Waals surface area (Å²) in [6.45, 7) is 1.50. The summed E-state index contributed by atoms with van der Waals surface area (Å²) < 4.78 is 0.218. The number of nitrogens with two attached hydrogens (primary N) is 1. The minimum absolute atomic E-state index is 0.146. The van der Waals surface area contributed by atoms with Crippen molar-refractivity contribution >= 4 is 33.6 Å². The summed E-state index contributed by atoms with van der Waals surface area (Å²) in [4.78, 5) is 20.8. The number of phenolic OH excluding ortho intramolecular Hbond substituents is 1. The van der Waals surface area contributed by atoms with Gasteiger partial charge < -0.3 is 10.8 Å². The van der Waals surface area contributed by atoms with Gasteiger partial charge in [-0.05, 0) is 28.9 Å². The fraction of sp³-hybridized carbons (Fsp3) is 0.100. The molecule has 0 aliphatic heterocycles. The molecule has 6 nitrogen and oxygen atoms in total. The first-order valence-electron chi connectivity index (χ1n) is 4.48. The highest BCUT2D eigenvalue weighted by Gasteiger charge is 2.18. The van der Waals surface area contributed by atoms with Crippen LogP contribution in [0.15, 0.2) is 16.6 Å². The second-order valence-corrected chi connectivity index (χ2v) is 4.06. The van der Waals surface area contributed by atoms with Gasteiger partial charge in [0, 0.05) is 23.3 Å². The Morgan fingerprint density at radius 1 is 1.65 bits per heavy atom. The van der Waals surface area contributed by atoms with Gasteiger partial charge in [-0.1, -0.05) is 0 Å². The topological polar surface area (TPSA) is 106 Å². The van der Waals surface area contributed by atoms with Crippen molar-refractivity contribution in [1.82, 2.24) is 0 Å². The molecule has 0 aliphatic rings. The van der Waals surface area contributed by atoms with Gasteiger partial charge in [-0.25, -0.2) is 0 Å². The van der Waals surface area contributed by atoms with E-state index in [0.717, 1.165) is 6.08 Å². The average molecular weight is 301 g/mol. The van der Waals surface area contributed by atoms with Gasteiger partial charge >= 0.3 is 0 Å². The maximum absolute atomic E-state index is 10.8. The summed E-state index contributed by atoms with van der Waals surface area (Å²) in [5.74, 6) is -0.880. The number of aromatic hydroxyl groups is 1. The van der Waals surface area contributed by atoms with Gasteiger partial charge in [0.1, 0.15) is 5.75 Å². The van der Waals surface area contributed by atoms with Crippen molar-refractivity contribution in [3.8, 4) is 5.75 Å². The largest absolute Gasteiger partial charge is 0.506 e. The monoisotopic (exact) mass is 300 g/mol. The Morgan fingerprint density at radius 3 is 2.71 bits per heavy atom. The molecule has 0 saturated carbocycles.